The van der Waals surface area contributed by atoms with E-state index in [2.05, 4.69) is 18.3 Å². The Labute approximate surface area is 148 Å². The molecule has 1 amide bonds. The van der Waals surface area contributed by atoms with Crippen LogP contribution in [0.25, 0.3) is 0 Å². The van der Waals surface area contributed by atoms with Crippen LogP contribution >= 0.6 is 0 Å². The van der Waals surface area contributed by atoms with Crippen LogP contribution in [0.4, 0.5) is 0 Å². The summed E-state index contributed by atoms with van der Waals surface area (Å²) in [5.74, 6) is 0.627. The summed E-state index contributed by atoms with van der Waals surface area (Å²) in [6.07, 6.45) is 0. The van der Waals surface area contributed by atoms with E-state index in [1.165, 1.54) is 18.2 Å². The van der Waals surface area contributed by atoms with E-state index in [9.17, 15) is 4.79 Å². The van der Waals surface area contributed by atoms with E-state index in [0.29, 0.717) is 17.1 Å². The van der Waals surface area contributed by atoms with Gasteiger partial charge in [0, 0.05) is 6.07 Å². The van der Waals surface area contributed by atoms with Crippen molar-refractivity contribution >= 4 is 5.91 Å². The smallest absolute Gasteiger partial charge is 0.258 e. The molecule has 0 aliphatic carbocycles. The molecule has 0 saturated carbocycles. The second kappa shape index (κ2) is 8.20. The fraction of sp³-hybridized carbons (Fsp3) is 0.300. The number of hydrogen-bond donors (Lipinski definition) is 1. The van der Waals surface area contributed by atoms with Gasteiger partial charge in [0.2, 0.25) is 0 Å². The molecule has 0 aliphatic heterocycles. The first-order valence-corrected chi connectivity index (χ1v) is 8.02. The standard InChI is InChI=1S/C20H22N2O3/c1-13-5-7-17(9-14(13)2)15(3)22-20(23)12-25-18-8-6-16(11-21)10-19(18)24-4/h5-10,15H,12H2,1-4H3,(H,22,23)/t15-/m1/s1. The topological polar surface area (TPSA) is 71.3 Å². The lowest BCUT2D eigenvalue weighted by Gasteiger charge is -2.16. The zero-order valence-electron chi connectivity index (χ0n) is 14.9. The number of nitrogens with one attached hydrogen (secondary N) is 1. The molecule has 0 saturated heterocycles. The Kier molecular flexibility index (Phi) is 6.02. The molecule has 0 fully saturated rings. The van der Waals surface area contributed by atoms with Gasteiger partial charge in [-0.3, -0.25) is 4.79 Å². The predicted molar refractivity (Wildman–Crippen MR) is 95.7 cm³/mol. The molecular weight excluding hydrogens is 316 g/mol. The number of benzene rings is 2. The van der Waals surface area contributed by atoms with Crippen LogP contribution in [-0.2, 0) is 4.79 Å². The number of ether oxygens (including phenoxy) is 2. The molecule has 130 valence electrons. The number of amides is 1. The third-order valence-electron chi connectivity index (χ3n) is 4.06. The van der Waals surface area contributed by atoms with Crippen LogP contribution in [0.1, 0.15) is 35.2 Å². The number of aryl methyl sites for hydroxylation is 2. The predicted octanol–water partition coefficient (Wildman–Crippen LogP) is 3.44. The van der Waals surface area contributed by atoms with Gasteiger partial charge in [-0.1, -0.05) is 18.2 Å². The largest absolute Gasteiger partial charge is 0.493 e. The minimum Gasteiger partial charge on any atom is -0.493 e. The molecule has 25 heavy (non-hydrogen) atoms. The Bertz CT molecular complexity index is 809. The van der Waals surface area contributed by atoms with E-state index in [1.54, 1.807) is 18.2 Å². The summed E-state index contributed by atoms with van der Waals surface area (Å²) in [6.45, 7) is 5.91. The summed E-state index contributed by atoms with van der Waals surface area (Å²) in [5, 5.41) is 11.8. The lowest BCUT2D eigenvalue weighted by Crippen LogP contribution is -2.31. The Morgan fingerprint density at radius 1 is 1.16 bits per heavy atom. The number of carbonyl (C=O) groups excluding carboxylic acids is 1. The monoisotopic (exact) mass is 338 g/mol. The SMILES string of the molecule is COc1cc(C#N)ccc1OCC(=O)N[C@H](C)c1ccc(C)c(C)c1. The number of carbonyl (C=O) groups is 1. The zero-order valence-corrected chi connectivity index (χ0v) is 14.9. The Hall–Kier alpha value is -3.00. The minimum absolute atomic E-state index is 0.113. The maximum atomic E-state index is 12.1. The molecule has 0 unspecified atom stereocenters. The summed E-state index contributed by atoms with van der Waals surface area (Å²) < 4.78 is 10.7. The van der Waals surface area contributed by atoms with E-state index in [-0.39, 0.29) is 18.6 Å². The van der Waals surface area contributed by atoms with Crippen LogP contribution < -0.4 is 14.8 Å². The van der Waals surface area contributed by atoms with E-state index in [1.807, 2.05) is 32.0 Å². The van der Waals surface area contributed by atoms with E-state index in [4.69, 9.17) is 14.7 Å². The van der Waals surface area contributed by atoms with Crippen LogP contribution in [0.2, 0.25) is 0 Å². The summed E-state index contributed by atoms with van der Waals surface area (Å²) in [4.78, 5) is 12.1. The van der Waals surface area contributed by atoms with Crippen molar-refractivity contribution in [3.05, 3.63) is 58.7 Å². The van der Waals surface area contributed by atoms with Crippen molar-refractivity contribution in [2.24, 2.45) is 0 Å². The second-order valence-corrected chi connectivity index (χ2v) is 5.90. The van der Waals surface area contributed by atoms with Crippen LogP contribution in [0.5, 0.6) is 11.5 Å². The molecule has 0 bridgehead atoms. The zero-order chi connectivity index (χ0) is 18.4. The quantitative estimate of drug-likeness (QED) is 0.876. The molecular formula is C20H22N2O3. The van der Waals surface area contributed by atoms with Crippen molar-refractivity contribution in [2.45, 2.75) is 26.8 Å². The van der Waals surface area contributed by atoms with Gasteiger partial charge in [-0.25, -0.2) is 0 Å². The van der Waals surface area contributed by atoms with E-state index in [0.717, 1.165) is 5.56 Å². The highest BCUT2D eigenvalue weighted by atomic mass is 16.5. The number of methoxy groups -OCH3 is 1. The summed E-state index contributed by atoms with van der Waals surface area (Å²) in [7, 11) is 1.49. The van der Waals surface area contributed by atoms with E-state index < -0.39 is 0 Å². The normalized spacial score (nSPS) is 11.3. The molecule has 0 aliphatic rings. The maximum Gasteiger partial charge on any atom is 0.258 e. The maximum absolute atomic E-state index is 12.1. The lowest BCUT2D eigenvalue weighted by molar-refractivity contribution is -0.123. The summed E-state index contributed by atoms with van der Waals surface area (Å²) in [5.41, 5.74) is 3.93. The average molecular weight is 338 g/mol. The first-order chi connectivity index (χ1) is 11.9. The van der Waals surface area contributed by atoms with Crippen LogP contribution in [0.3, 0.4) is 0 Å². The van der Waals surface area contributed by atoms with Crippen LogP contribution in [0, 0.1) is 25.2 Å². The Balaban J connectivity index is 1.96. The van der Waals surface area contributed by atoms with Crippen LogP contribution in [-0.4, -0.2) is 19.6 Å². The third kappa shape index (κ3) is 4.74. The first kappa shape index (κ1) is 18.3. The molecule has 5 heteroatoms. The van der Waals surface area contributed by atoms with E-state index >= 15 is 0 Å². The molecule has 1 N–H and O–H groups in total. The van der Waals surface area contributed by atoms with Crippen molar-refractivity contribution < 1.29 is 14.3 Å². The third-order valence-corrected chi connectivity index (χ3v) is 4.06. The number of hydrogen-bond acceptors (Lipinski definition) is 4. The number of nitriles is 1. The fourth-order valence-electron chi connectivity index (χ4n) is 2.40. The molecule has 2 aromatic carbocycles. The molecule has 2 aromatic rings. The van der Waals surface area contributed by atoms with Gasteiger partial charge >= 0.3 is 0 Å². The van der Waals surface area contributed by atoms with Crippen molar-refractivity contribution in [1.82, 2.24) is 5.32 Å². The highest BCUT2D eigenvalue weighted by molar-refractivity contribution is 5.78. The van der Waals surface area contributed by atoms with Crippen molar-refractivity contribution in [3.8, 4) is 17.6 Å². The molecule has 1 atom stereocenters. The summed E-state index contributed by atoms with van der Waals surface area (Å²) in [6, 6.07) is 12.9. The number of rotatable bonds is 6. The van der Waals surface area contributed by atoms with Gasteiger partial charge in [-0.15, -0.1) is 0 Å². The Morgan fingerprint density at radius 3 is 2.56 bits per heavy atom. The Morgan fingerprint density at radius 2 is 1.92 bits per heavy atom. The van der Waals surface area contributed by atoms with Gasteiger partial charge in [0.15, 0.2) is 18.1 Å². The van der Waals surface area contributed by atoms with Gasteiger partial charge in [-0.2, -0.15) is 5.26 Å². The van der Waals surface area contributed by atoms with Gasteiger partial charge in [0.25, 0.3) is 5.91 Å². The highest BCUT2D eigenvalue weighted by Gasteiger charge is 2.12. The lowest BCUT2D eigenvalue weighted by atomic mass is 10.0. The van der Waals surface area contributed by atoms with Gasteiger partial charge in [-0.05, 0) is 49.6 Å². The number of nitrogens with zero attached hydrogens (tertiary/aromatic N) is 1. The molecule has 0 radical (unpaired) electrons. The van der Waals surface area contributed by atoms with Crippen molar-refractivity contribution in [1.29, 1.82) is 5.26 Å². The second-order valence-electron chi connectivity index (χ2n) is 5.90. The van der Waals surface area contributed by atoms with Gasteiger partial charge in [0.1, 0.15) is 0 Å². The molecule has 2 rings (SSSR count). The van der Waals surface area contributed by atoms with Crippen molar-refractivity contribution in [3.63, 3.8) is 0 Å². The first-order valence-electron chi connectivity index (χ1n) is 8.02. The van der Waals surface area contributed by atoms with Crippen LogP contribution in [0.15, 0.2) is 36.4 Å². The summed E-state index contributed by atoms with van der Waals surface area (Å²) >= 11 is 0. The molecule has 0 heterocycles. The average Bonchev–Trinajstić information content (AvgIpc) is 2.61. The molecule has 5 nitrogen and oxygen atoms in total. The molecule has 0 spiro atoms. The van der Waals surface area contributed by atoms with Crippen molar-refractivity contribution in [2.75, 3.05) is 13.7 Å². The highest BCUT2D eigenvalue weighted by Crippen LogP contribution is 2.27. The molecule has 0 aromatic heterocycles. The minimum atomic E-state index is -0.225. The van der Waals surface area contributed by atoms with Gasteiger partial charge < -0.3 is 14.8 Å². The fourth-order valence-corrected chi connectivity index (χ4v) is 2.40. The van der Waals surface area contributed by atoms with Gasteiger partial charge in [0.05, 0.1) is 24.8 Å².